The van der Waals surface area contributed by atoms with Gasteiger partial charge < -0.3 is 9.27 Å². The van der Waals surface area contributed by atoms with E-state index in [9.17, 15) is 8.76 Å². The second kappa shape index (κ2) is 3.73. The van der Waals surface area contributed by atoms with Crippen LogP contribution in [0.25, 0.3) is 10.9 Å². The topological polar surface area (TPSA) is 65.0 Å². The van der Waals surface area contributed by atoms with Crippen molar-refractivity contribution < 1.29 is 8.76 Å². The highest BCUT2D eigenvalue weighted by Gasteiger charge is 1.99. The van der Waals surface area contributed by atoms with Crippen LogP contribution in [0.5, 0.6) is 0 Å². The molecule has 0 amide bonds. The molecule has 0 saturated carbocycles. The van der Waals surface area contributed by atoms with Crippen LogP contribution in [0.1, 0.15) is 0 Å². The van der Waals surface area contributed by atoms with Crippen molar-refractivity contribution in [2.75, 3.05) is 4.72 Å². The van der Waals surface area contributed by atoms with Gasteiger partial charge in [-0.1, -0.05) is 6.07 Å². The number of anilines is 1. The number of nitrogens with one attached hydrogen (secondary N) is 1. The minimum Gasteiger partial charge on any atom is -0.755 e. The van der Waals surface area contributed by atoms with Gasteiger partial charge in [0.15, 0.2) is 0 Å². The zero-order chi connectivity index (χ0) is 9.97. The Labute approximate surface area is 83.4 Å². The molecule has 0 radical (unpaired) electrons. The van der Waals surface area contributed by atoms with Crippen LogP contribution in [-0.2, 0) is 11.3 Å². The van der Waals surface area contributed by atoms with Gasteiger partial charge in [0, 0.05) is 22.8 Å². The molecule has 0 saturated heterocycles. The number of fused-ring (bicyclic) bond motifs is 1. The van der Waals surface area contributed by atoms with Crippen LogP contribution < -0.4 is 4.72 Å². The van der Waals surface area contributed by atoms with Gasteiger partial charge in [0.05, 0.1) is 11.2 Å². The van der Waals surface area contributed by atoms with Gasteiger partial charge in [-0.15, -0.1) is 0 Å². The molecule has 1 N–H and O–H groups in total. The van der Waals surface area contributed by atoms with Crippen molar-refractivity contribution in [1.29, 1.82) is 0 Å². The summed E-state index contributed by atoms with van der Waals surface area (Å²) in [5.41, 5.74) is 1.31. The summed E-state index contributed by atoms with van der Waals surface area (Å²) >= 11 is -2.30. The number of pyridine rings is 1. The molecule has 0 fully saturated rings. The predicted octanol–water partition coefficient (Wildman–Crippen LogP) is 1.44. The Kier molecular flexibility index (Phi) is 2.43. The van der Waals surface area contributed by atoms with Crippen LogP contribution in [0.2, 0.25) is 0 Å². The molecule has 5 heteroatoms. The second-order valence-electron chi connectivity index (χ2n) is 2.71. The summed E-state index contributed by atoms with van der Waals surface area (Å²) in [6.07, 6.45) is 1.67. The normalized spacial score (nSPS) is 12.6. The van der Waals surface area contributed by atoms with Gasteiger partial charge >= 0.3 is 0 Å². The fraction of sp³-hybridized carbons (Fsp3) is 0. The molecule has 2 aromatic rings. The molecule has 72 valence electrons. The van der Waals surface area contributed by atoms with Gasteiger partial charge in [-0.25, -0.2) is 0 Å². The maximum Gasteiger partial charge on any atom is 0.0723 e. The molecule has 0 aliphatic heterocycles. The number of hydrogen-bond acceptors (Lipinski definition) is 3. The molecule has 0 spiro atoms. The molecular weight excluding hydrogens is 200 g/mol. The quantitative estimate of drug-likeness (QED) is 0.758. The molecule has 0 bridgehead atoms. The molecule has 1 atom stereocenters. The second-order valence-corrected chi connectivity index (χ2v) is 3.39. The molecule has 4 nitrogen and oxygen atoms in total. The lowest BCUT2D eigenvalue weighted by Gasteiger charge is -2.10. The van der Waals surface area contributed by atoms with E-state index in [4.69, 9.17) is 0 Å². The van der Waals surface area contributed by atoms with E-state index >= 15 is 0 Å². The Bertz CT molecular complexity index is 482. The van der Waals surface area contributed by atoms with Crippen LogP contribution in [0.15, 0.2) is 36.5 Å². The molecule has 0 aliphatic carbocycles. The van der Waals surface area contributed by atoms with E-state index in [1.165, 1.54) is 0 Å². The fourth-order valence-electron chi connectivity index (χ4n) is 1.28. The Morgan fingerprint density at radius 1 is 1.29 bits per heavy atom. The number of benzene rings is 1. The van der Waals surface area contributed by atoms with E-state index < -0.39 is 11.3 Å². The van der Waals surface area contributed by atoms with Gasteiger partial charge in [0.25, 0.3) is 0 Å². The first kappa shape index (κ1) is 9.11. The minimum absolute atomic E-state index is 0.545. The minimum atomic E-state index is -2.30. The lowest BCUT2D eigenvalue weighted by atomic mass is 10.2. The zero-order valence-corrected chi connectivity index (χ0v) is 7.95. The van der Waals surface area contributed by atoms with E-state index in [2.05, 4.69) is 9.71 Å². The maximum atomic E-state index is 10.5. The summed E-state index contributed by atoms with van der Waals surface area (Å²) in [5.74, 6) is 0. The summed E-state index contributed by atoms with van der Waals surface area (Å²) in [4.78, 5) is 4.11. The third-order valence-corrected chi connectivity index (χ3v) is 2.23. The van der Waals surface area contributed by atoms with Gasteiger partial charge in [-0.3, -0.25) is 9.19 Å². The lowest BCUT2D eigenvalue weighted by Crippen LogP contribution is -2.02. The molecule has 1 aromatic heterocycles. The predicted molar refractivity (Wildman–Crippen MR) is 54.3 cm³/mol. The molecule has 2 rings (SSSR count). The number of nitrogens with zero attached hydrogens (tertiary/aromatic N) is 1. The zero-order valence-electron chi connectivity index (χ0n) is 7.14. The number of rotatable bonds is 2. The monoisotopic (exact) mass is 207 g/mol. The van der Waals surface area contributed by atoms with Crippen molar-refractivity contribution in [2.24, 2.45) is 0 Å². The average Bonchev–Trinajstić information content (AvgIpc) is 2.18. The first-order valence-electron chi connectivity index (χ1n) is 3.97. The van der Waals surface area contributed by atoms with E-state index in [1.807, 2.05) is 12.1 Å². The first-order valence-corrected chi connectivity index (χ1v) is 5.04. The maximum absolute atomic E-state index is 10.5. The average molecular weight is 207 g/mol. The molecule has 1 unspecified atom stereocenters. The van der Waals surface area contributed by atoms with E-state index in [0.717, 1.165) is 10.9 Å². The van der Waals surface area contributed by atoms with Crippen molar-refractivity contribution in [3.63, 3.8) is 0 Å². The lowest BCUT2D eigenvalue weighted by molar-refractivity contribution is 0.542. The molecular formula is C9H7N2O2S-. The largest absolute Gasteiger partial charge is 0.755 e. The summed E-state index contributed by atoms with van der Waals surface area (Å²) in [6, 6.07) is 8.86. The van der Waals surface area contributed by atoms with E-state index in [1.54, 1.807) is 24.4 Å². The van der Waals surface area contributed by atoms with E-state index in [-0.39, 0.29) is 0 Å². The molecule has 14 heavy (non-hydrogen) atoms. The molecule has 0 aliphatic rings. The van der Waals surface area contributed by atoms with Crippen molar-refractivity contribution in [3.05, 3.63) is 36.5 Å². The Morgan fingerprint density at radius 3 is 2.93 bits per heavy atom. The number of hydrogen-bond donors (Lipinski definition) is 1. The third kappa shape index (κ3) is 1.73. The standard InChI is InChI=1S/C9H8N2O2S/c12-14(13)11-9-5-1-4-8-7(9)3-2-6-10-8/h1-6,11H,(H,12,13)/p-1. The molecule has 1 aromatic carbocycles. The highest BCUT2D eigenvalue weighted by molar-refractivity contribution is 7.80. The Balaban J connectivity index is 2.59. The van der Waals surface area contributed by atoms with Crippen LogP contribution in [0.4, 0.5) is 5.69 Å². The van der Waals surface area contributed by atoms with Gasteiger partial charge in [0.1, 0.15) is 0 Å². The van der Waals surface area contributed by atoms with Gasteiger partial charge in [-0.05, 0) is 24.3 Å². The smallest absolute Gasteiger partial charge is 0.0723 e. The number of aromatic nitrogens is 1. The summed E-state index contributed by atoms with van der Waals surface area (Å²) in [7, 11) is 0. The van der Waals surface area contributed by atoms with Crippen molar-refractivity contribution in [1.82, 2.24) is 4.98 Å². The van der Waals surface area contributed by atoms with Crippen LogP contribution in [0.3, 0.4) is 0 Å². The summed E-state index contributed by atoms with van der Waals surface area (Å²) in [5, 5.41) is 0.791. The van der Waals surface area contributed by atoms with Crippen LogP contribution >= 0.6 is 0 Å². The molecule has 1 heterocycles. The Hall–Kier alpha value is -1.46. The van der Waals surface area contributed by atoms with Gasteiger partial charge in [-0.2, -0.15) is 0 Å². The van der Waals surface area contributed by atoms with Gasteiger partial charge in [0.2, 0.25) is 0 Å². The first-order chi connectivity index (χ1) is 6.77. The van der Waals surface area contributed by atoms with Crippen LogP contribution in [-0.4, -0.2) is 13.7 Å². The van der Waals surface area contributed by atoms with Crippen molar-refractivity contribution in [2.45, 2.75) is 0 Å². The van der Waals surface area contributed by atoms with Crippen molar-refractivity contribution >= 4 is 27.9 Å². The highest BCUT2D eigenvalue weighted by atomic mass is 32.2. The highest BCUT2D eigenvalue weighted by Crippen LogP contribution is 2.21. The third-order valence-electron chi connectivity index (χ3n) is 1.84. The SMILES string of the molecule is O=S([O-])Nc1cccc2ncccc12. The van der Waals surface area contributed by atoms with Crippen molar-refractivity contribution in [3.8, 4) is 0 Å². The summed E-state index contributed by atoms with van der Waals surface area (Å²) in [6.45, 7) is 0. The fourth-order valence-corrected chi connectivity index (χ4v) is 1.64. The summed E-state index contributed by atoms with van der Waals surface area (Å²) < 4.78 is 23.3. The Morgan fingerprint density at radius 2 is 2.14 bits per heavy atom. The van der Waals surface area contributed by atoms with E-state index in [0.29, 0.717) is 5.69 Å². The van der Waals surface area contributed by atoms with Crippen LogP contribution in [0, 0.1) is 0 Å².